The third-order valence-corrected chi connectivity index (χ3v) is 4.86. The number of piperidine rings is 1. The van der Waals surface area contributed by atoms with Gasteiger partial charge >= 0.3 is 0 Å². The maximum absolute atomic E-state index is 5.43. The molecule has 0 atom stereocenters. The van der Waals surface area contributed by atoms with Gasteiger partial charge < -0.3 is 15.0 Å². The maximum Gasteiger partial charge on any atom is 0.218 e. The molecule has 2 fully saturated rings. The molecule has 1 N–H and O–H groups in total. The number of ether oxygens (including phenoxy) is 1. The molecule has 1 saturated heterocycles. The zero-order valence-corrected chi connectivity index (χ0v) is 13.6. The molecule has 0 spiro atoms. The highest BCUT2D eigenvalue weighted by Crippen LogP contribution is 2.27. The molecule has 2 heterocycles. The molecule has 0 radical (unpaired) electrons. The topological polar surface area (TPSA) is 50.3 Å². The molecule has 0 bridgehead atoms. The van der Waals surface area contributed by atoms with Gasteiger partial charge in [0, 0.05) is 31.7 Å². The van der Waals surface area contributed by atoms with Gasteiger partial charge in [0.15, 0.2) is 0 Å². The fourth-order valence-corrected chi connectivity index (χ4v) is 3.67. The van der Waals surface area contributed by atoms with Crippen molar-refractivity contribution in [2.75, 3.05) is 31.6 Å². The number of likely N-dealkylation sites (tertiary alicyclic amines) is 1. The van der Waals surface area contributed by atoms with E-state index in [-0.39, 0.29) is 0 Å². The summed E-state index contributed by atoms with van der Waals surface area (Å²) in [7, 11) is 0. The Kier molecular flexibility index (Phi) is 5.48. The summed E-state index contributed by atoms with van der Waals surface area (Å²) < 4.78 is 5.43. The van der Waals surface area contributed by atoms with Crippen molar-refractivity contribution in [1.82, 2.24) is 14.9 Å². The molecule has 0 unspecified atom stereocenters. The van der Waals surface area contributed by atoms with E-state index in [1.54, 1.807) is 6.33 Å². The van der Waals surface area contributed by atoms with Gasteiger partial charge in [0.25, 0.3) is 0 Å². The lowest BCUT2D eigenvalue weighted by atomic mass is 10.0. The van der Waals surface area contributed by atoms with E-state index >= 15 is 0 Å². The second-order valence-corrected chi connectivity index (χ2v) is 6.54. The summed E-state index contributed by atoms with van der Waals surface area (Å²) in [4.78, 5) is 11.1. The third-order valence-electron chi connectivity index (χ3n) is 4.86. The normalized spacial score (nSPS) is 21.1. The molecule has 5 nitrogen and oxygen atoms in total. The van der Waals surface area contributed by atoms with Crippen LogP contribution in [0.1, 0.15) is 45.4 Å². The van der Waals surface area contributed by atoms with E-state index in [4.69, 9.17) is 4.74 Å². The molecule has 3 rings (SSSR count). The van der Waals surface area contributed by atoms with E-state index in [2.05, 4.69) is 20.2 Å². The Morgan fingerprint density at radius 1 is 1.18 bits per heavy atom. The fraction of sp³-hybridized carbons (Fsp3) is 0.765. The summed E-state index contributed by atoms with van der Waals surface area (Å²) in [5, 5.41) is 3.54. The van der Waals surface area contributed by atoms with Gasteiger partial charge in [-0.15, -0.1) is 0 Å². The highest BCUT2D eigenvalue weighted by molar-refractivity contribution is 5.38. The molecule has 1 aromatic rings. The Morgan fingerprint density at radius 3 is 2.68 bits per heavy atom. The minimum Gasteiger partial charge on any atom is -0.478 e. The van der Waals surface area contributed by atoms with E-state index in [0.29, 0.717) is 18.5 Å². The van der Waals surface area contributed by atoms with E-state index in [1.807, 2.05) is 13.0 Å². The summed E-state index contributed by atoms with van der Waals surface area (Å²) in [6, 6.07) is 2.42. The second-order valence-electron chi connectivity index (χ2n) is 6.54. The Balaban J connectivity index is 1.44. The summed E-state index contributed by atoms with van der Waals surface area (Å²) in [6.07, 6.45) is 9.74. The standard InChI is InChI=1S/C17H28N4O/c1-2-22-17-11-16(18-13-19-17)20-15-7-9-21(10-8-15)12-14-5-3-4-6-14/h11,13-15H,2-10,12H2,1H3,(H,18,19,20). The number of anilines is 1. The zero-order valence-electron chi connectivity index (χ0n) is 13.6. The molecule has 2 aliphatic rings. The van der Waals surface area contributed by atoms with Crippen molar-refractivity contribution in [1.29, 1.82) is 0 Å². The number of hydrogen-bond donors (Lipinski definition) is 1. The average molecular weight is 304 g/mol. The lowest BCUT2D eigenvalue weighted by Gasteiger charge is -2.34. The van der Waals surface area contributed by atoms with Crippen LogP contribution in [0.25, 0.3) is 0 Å². The summed E-state index contributed by atoms with van der Waals surface area (Å²) in [6.45, 7) is 6.33. The highest BCUT2D eigenvalue weighted by Gasteiger charge is 2.23. The Bertz CT molecular complexity index is 454. The Labute approximate surface area is 133 Å². The molecule has 0 amide bonds. The van der Waals surface area contributed by atoms with E-state index in [0.717, 1.165) is 11.7 Å². The largest absolute Gasteiger partial charge is 0.478 e. The monoisotopic (exact) mass is 304 g/mol. The molecule has 1 aliphatic heterocycles. The van der Waals surface area contributed by atoms with Crippen LogP contribution in [0, 0.1) is 5.92 Å². The van der Waals surface area contributed by atoms with Gasteiger partial charge in [-0.25, -0.2) is 9.97 Å². The lowest BCUT2D eigenvalue weighted by molar-refractivity contribution is 0.189. The minimum atomic E-state index is 0.518. The Morgan fingerprint density at radius 2 is 1.95 bits per heavy atom. The molecular weight excluding hydrogens is 276 g/mol. The number of nitrogens with one attached hydrogen (secondary N) is 1. The predicted molar refractivity (Wildman–Crippen MR) is 88.2 cm³/mol. The van der Waals surface area contributed by atoms with Crippen molar-refractivity contribution in [2.45, 2.75) is 51.5 Å². The van der Waals surface area contributed by atoms with Crippen molar-refractivity contribution < 1.29 is 4.74 Å². The Hall–Kier alpha value is -1.36. The first-order chi connectivity index (χ1) is 10.8. The summed E-state index contributed by atoms with van der Waals surface area (Å²) in [5.74, 6) is 2.49. The van der Waals surface area contributed by atoms with Gasteiger partial charge in [-0.05, 0) is 38.5 Å². The van der Waals surface area contributed by atoms with Crippen molar-refractivity contribution >= 4 is 5.82 Å². The van der Waals surface area contributed by atoms with Crippen LogP contribution in [0.3, 0.4) is 0 Å². The number of hydrogen-bond acceptors (Lipinski definition) is 5. The number of nitrogens with zero attached hydrogens (tertiary/aromatic N) is 3. The van der Waals surface area contributed by atoms with Crippen LogP contribution in [0.5, 0.6) is 5.88 Å². The number of aromatic nitrogens is 2. The van der Waals surface area contributed by atoms with Gasteiger partial charge in [0.1, 0.15) is 12.1 Å². The molecule has 5 heteroatoms. The number of rotatable bonds is 6. The van der Waals surface area contributed by atoms with Gasteiger partial charge in [-0.2, -0.15) is 0 Å². The van der Waals surface area contributed by atoms with Crippen molar-refractivity contribution in [3.63, 3.8) is 0 Å². The van der Waals surface area contributed by atoms with Crippen LogP contribution in [0.2, 0.25) is 0 Å². The first kappa shape index (κ1) is 15.5. The molecule has 1 aromatic heterocycles. The summed E-state index contributed by atoms with van der Waals surface area (Å²) in [5.41, 5.74) is 0. The van der Waals surface area contributed by atoms with Crippen molar-refractivity contribution in [2.24, 2.45) is 5.92 Å². The molecule has 1 saturated carbocycles. The van der Waals surface area contributed by atoms with Gasteiger partial charge in [0.2, 0.25) is 5.88 Å². The molecule has 122 valence electrons. The third kappa shape index (κ3) is 4.32. The van der Waals surface area contributed by atoms with Crippen LogP contribution in [0.15, 0.2) is 12.4 Å². The smallest absolute Gasteiger partial charge is 0.218 e. The highest BCUT2D eigenvalue weighted by atomic mass is 16.5. The van der Waals surface area contributed by atoms with E-state index in [1.165, 1.54) is 58.2 Å². The molecule has 22 heavy (non-hydrogen) atoms. The van der Waals surface area contributed by atoms with Crippen LogP contribution < -0.4 is 10.1 Å². The van der Waals surface area contributed by atoms with Crippen molar-refractivity contribution in [3.8, 4) is 5.88 Å². The van der Waals surface area contributed by atoms with Crippen LogP contribution in [0.4, 0.5) is 5.82 Å². The molecular formula is C17H28N4O. The second kappa shape index (κ2) is 7.77. The molecule has 1 aliphatic carbocycles. The summed E-state index contributed by atoms with van der Waals surface area (Å²) >= 11 is 0. The van der Waals surface area contributed by atoms with Crippen LogP contribution >= 0.6 is 0 Å². The first-order valence-electron chi connectivity index (χ1n) is 8.77. The quantitative estimate of drug-likeness (QED) is 0.875. The van der Waals surface area contributed by atoms with E-state index in [9.17, 15) is 0 Å². The zero-order chi connectivity index (χ0) is 15.2. The maximum atomic E-state index is 5.43. The van der Waals surface area contributed by atoms with Crippen LogP contribution in [-0.4, -0.2) is 47.2 Å². The average Bonchev–Trinajstić information content (AvgIpc) is 3.03. The first-order valence-corrected chi connectivity index (χ1v) is 8.77. The van der Waals surface area contributed by atoms with Crippen LogP contribution in [-0.2, 0) is 0 Å². The molecule has 0 aromatic carbocycles. The van der Waals surface area contributed by atoms with Gasteiger partial charge in [-0.3, -0.25) is 0 Å². The van der Waals surface area contributed by atoms with E-state index < -0.39 is 0 Å². The van der Waals surface area contributed by atoms with Gasteiger partial charge in [0.05, 0.1) is 6.61 Å². The minimum absolute atomic E-state index is 0.518. The predicted octanol–water partition coefficient (Wildman–Crippen LogP) is 2.94. The lowest BCUT2D eigenvalue weighted by Crippen LogP contribution is -2.41. The van der Waals surface area contributed by atoms with Crippen molar-refractivity contribution in [3.05, 3.63) is 12.4 Å². The SMILES string of the molecule is CCOc1cc(NC2CCN(CC3CCCC3)CC2)ncn1. The fourth-order valence-electron chi connectivity index (χ4n) is 3.67. The van der Waals surface area contributed by atoms with Gasteiger partial charge in [-0.1, -0.05) is 12.8 Å².